The van der Waals surface area contributed by atoms with Gasteiger partial charge in [-0.25, -0.2) is 4.98 Å². The fourth-order valence-electron chi connectivity index (χ4n) is 4.26. The molecule has 150 valence electrons. The normalized spacial score (nSPS) is 16.8. The highest BCUT2D eigenvalue weighted by Crippen LogP contribution is 2.24. The SMILES string of the molecule is O=C(c1cc(=O)[nH]c2ccccc12)N1CCC[C@H](n2cnc3ccccc3c2=O)C1. The van der Waals surface area contributed by atoms with E-state index in [4.69, 9.17) is 0 Å². The van der Waals surface area contributed by atoms with Gasteiger partial charge < -0.3 is 9.88 Å². The van der Waals surface area contributed by atoms with E-state index < -0.39 is 0 Å². The summed E-state index contributed by atoms with van der Waals surface area (Å²) in [6.45, 7) is 0.992. The molecule has 3 heterocycles. The highest BCUT2D eigenvalue weighted by molar-refractivity contribution is 6.06. The molecule has 0 saturated carbocycles. The van der Waals surface area contributed by atoms with Crippen LogP contribution in [0.5, 0.6) is 0 Å². The number of carbonyl (C=O) groups is 1. The molecule has 0 unspecified atom stereocenters. The van der Waals surface area contributed by atoms with Crippen molar-refractivity contribution < 1.29 is 4.79 Å². The summed E-state index contributed by atoms with van der Waals surface area (Å²) >= 11 is 0. The van der Waals surface area contributed by atoms with Crippen molar-refractivity contribution in [2.75, 3.05) is 13.1 Å². The van der Waals surface area contributed by atoms with Gasteiger partial charge in [-0.1, -0.05) is 30.3 Å². The van der Waals surface area contributed by atoms with E-state index in [-0.39, 0.29) is 23.1 Å². The van der Waals surface area contributed by atoms with Gasteiger partial charge in [0, 0.05) is 30.1 Å². The van der Waals surface area contributed by atoms with Crippen LogP contribution in [0, 0.1) is 0 Å². The molecule has 5 rings (SSSR count). The average Bonchev–Trinajstić information content (AvgIpc) is 2.78. The average molecular weight is 400 g/mol. The number of benzene rings is 2. The molecule has 1 amide bonds. The van der Waals surface area contributed by atoms with E-state index in [0.29, 0.717) is 40.5 Å². The summed E-state index contributed by atoms with van der Waals surface area (Å²) < 4.78 is 1.64. The Morgan fingerprint density at radius 3 is 2.67 bits per heavy atom. The first-order valence-corrected chi connectivity index (χ1v) is 9.99. The van der Waals surface area contributed by atoms with E-state index in [1.807, 2.05) is 36.4 Å². The van der Waals surface area contributed by atoms with Gasteiger partial charge >= 0.3 is 0 Å². The van der Waals surface area contributed by atoms with Gasteiger partial charge in [0.05, 0.1) is 28.8 Å². The number of carbonyl (C=O) groups excluding carboxylic acids is 1. The number of rotatable bonds is 2. The molecule has 0 bridgehead atoms. The van der Waals surface area contributed by atoms with Crippen LogP contribution < -0.4 is 11.1 Å². The highest BCUT2D eigenvalue weighted by Gasteiger charge is 2.27. The number of fused-ring (bicyclic) bond motifs is 2. The van der Waals surface area contributed by atoms with Crippen LogP contribution in [0.3, 0.4) is 0 Å². The van der Waals surface area contributed by atoms with Gasteiger partial charge in [-0.05, 0) is 31.0 Å². The monoisotopic (exact) mass is 400 g/mol. The molecule has 1 atom stereocenters. The quantitative estimate of drug-likeness (QED) is 0.560. The number of amides is 1. The van der Waals surface area contributed by atoms with E-state index in [1.54, 1.807) is 27.9 Å². The molecular formula is C23H20N4O3. The fraction of sp³-hybridized carbons (Fsp3) is 0.217. The summed E-state index contributed by atoms with van der Waals surface area (Å²) in [4.78, 5) is 47.3. The molecule has 0 spiro atoms. The largest absolute Gasteiger partial charge is 0.337 e. The van der Waals surface area contributed by atoms with Gasteiger partial charge in [0.2, 0.25) is 5.56 Å². The van der Waals surface area contributed by atoms with E-state index in [2.05, 4.69) is 9.97 Å². The van der Waals surface area contributed by atoms with Crippen molar-refractivity contribution in [2.24, 2.45) is 0 Å². The predicted octanol–water partition coefficient (Wildman–Crippen LogP) is 2.72. The molecule has 2 aromatic carbocycles. The zero-order valence-corrected chi connectivity index (χ0v) is 16.2. The second-order valence-electron chi connectivity index (χ2n) is 7.61. The van der Waals surface area contributed by atoms with Crippen molar-refractivity contribution in [1.29, 1.82) is 0 Å². The smallest absolute Gasteiger partial charge is 0.261 e. The molecule has 1 aliphatic rings. The lowest BCUT2D eigenvalue weighted by Gasteiger charge is -2.33. The summed E-state index contributed by atoms with van der Waals surface area (Å²) in [7, 11) is 0. The van der Waals surface area contributed by atoms with Crippen molar-refractivity contribution >= 4 is 27.7 Å². The number of hydrogen-bond donors (Lipinski definition) is 1. The number of para-hydroxylation sites is 2. The minimum absolute atomic E-state index is 0.0958. The lowest BCUT2D eigenvalue weighted by Crippen LogP contribution is -2.43. The molecule has 1 fully saturated rings. The van der Waals surface area contributed by atoms with Crippen LogP contribution in [0.4, 0.5) is 0 Å². The van der Waals surface area contributed by atoms with Crippen LogP contribution in [0.25, 0.3) is 21.8 Å². The Kier molecular flexibility index (Phi) is 4.43. The van der Waals surface area contributed by atoms with E-state index >= 15 is 0 Å². The first-order chi connectivity index (χ1) is 14.6. The van der Waals surface area contributed by atoms with Crippen LogP contribution in [-0.4, -0.2) is 38.4 Å². The molecule has 1 aliphatic heterocycles. The number of hydrogen-bond acceptors (Lipinski definition) is 4. The lowest BCUT2D eigenvalue weighted by atomic mass is 10.0. The van der Waals surface area contributed by atoms with Gasteiger partial charge in [0.1, 0.15) is 0 Å². The number of piperidine rings is 1. The van der Waals surface area contributed by atoms with Gasteiger partial charge in [-0.15, -0.1) is 0 Å². The first kappa shape index (κ1) is 18.3. The molecule has 2 aromatic heterocycles. The maximum atomic E-state index is 13.3. The Hall–Kier alpha value is -3.74. The van der Waals surface area contributed by atoms with E-state index in [0.717, 1.165) is 12.8 Å². The summed E-state index contributed by atoms with van der Waals surface area (Å²) in [6, 6.07) is 15.8. The zero-order valence-electron chi connectivity index (χ0n) is 16.2. The number of likely N-dealkylation sites (tertiary alicyclic amines) is 1. The number of aromatic nitrogens is 3. The second kappa shape index (κ2) is 7.26. The van der Waals surface area contributed by atoms with Crippen molar-refractivity contribution in [3.05, 3.63) is 87.2 Å². The number of H-pyrrole nitrogens is 1. The summed E-state index contributed by atoms with van der Waals surface area (Å²) in [6.07, 6.45) is 3.14. The number of nitrogens with zero attached hydrogens (tertiary/aromatic N) is 3. The first-order valence-electron chi connectivity index (χ1n) is 9.99. The van der Waals surface area contributed by atoms with Gasteiger partial charge in [0.15, 0.2) is 0 Å². The topological polar surface area (TPSA) is 88.1 Å². The van der Waals surface area contributed by atoms with Crippen molar-refractivity contribution in [3.8, 4) is 0 Å². The van der Waals surface area contributed by atoms with Crippen molar-refractivity contribution in [1.82, 2.24) is 19.4 Å². The summed E-state index contributed by atoms with van der Waals surface area (Å²) in [5.41, 5.74) is 1.29. The Labute approximate surface area is 171 Å². The Balaban J connectivity index is 1.50. The van der Waals surface area contributed by atoms with Crippen LogP contribution in [0.1, 0.15) is 29.2 Å². The molecule has 7 heteroatoms. The van der Waals surface area contributed by atoms with E-state index in [1.165, 1.54) is 6.07 Å². The van der Waals surface area contributed by atoms with Crippen molar-refractivity contribution in [3.63, 3.8) is 0 Å². The second-order valence-corrected chi connectivity index (χ2v) is 7.61. The molecule has 0 radical (unpaired) electrons. The lowest BCUT2D eigenvalue weighted by molar-refractivity contribution is 0.0679. The number of aromatic amines is 1. The predicted molar refractivity (Wildman–Crippen MR) is 115 cm³/mol. The van der Waals surface area contributed by atoms with Crippen LogP contribution in [-0.2, 0) is 0 Å². The molecule has 1 N–H and O–H groups in total. The minimum atomic E-state index is -0.305. The Bertz CT molecular complexity index is 1390. The summed E-state index contributed by atoms with van der Waals surface area (Å²) in [5, 5.41) is 1.29. The zero-order chi connectivity index (χ0) is 20.7. The molecule has 30 heavy (non-hydrogen) atoms. The third-order valence-electron chi connectivity index (χ3n) is 5.75. The Morgan fingerprint density at radius 1 is 1.03 bits per heavy atom. The number of nitrogens with one attached hydrogen (secondary N) is 1. The van der Waals surface area contributed by atoms with Crippen molar-refractivity contribution in [2.45, 2.75) is 18.9 Å². The molecule has 0 aliphatic carbocycles. The maximum Gasteiger partial charge on any atom is 0.261 e. The molecule has 4 aromatic rings. The Morgan fingerprint density at radius 2 is 1.80 bits per heavy atom. The molecule has 1 saturated heterocycles. The standard InChI is InChI=1S/C23H20N4O3/c28-21-12-18(16-7-1-4-10-20(16)25-21)22(29)26-11-5-6-15(13-26)27-14-24-19-9-3-2-8-17(19)23(27)30/h1-4,7-10,12,14-15H,5-6,11,13H2,(H,25,28)/t15-/m0/s1. The number of pyridine rings is 1. The highest BCUT2D eigenvalue weighted by atomic mass is 16.2. The fourth-order valence-corrected chi connectivity index (χ4v) is 4.26. The maximum absolute atomic E-state index is 13.3. The van der Waals surface area contributed by atoms with Gasteiger partial charge in [-0.2, -0.15) is 0 Å². The van der Waals surface area contributed by atoms with Gasteiger partial charge in [-0.3, -0.25) is 19.0 Å². The molecule has 7 nitrogen and oxygen atoms in total. The third kappa shape index (κ3) is 3.08. The third-order valence-corrected chi connectivity index (χ3v) is 5.75. The van der Waals surface area contributed by atoms with Crippen LogP contribution >= 0.6 is 0 Å². The minimum Gasteiger partial charge on any atom is -0.337 e. The van der Waals surface area contributed by atoms with Crippen LogP contribution in [0.15, 0.2) is 70.5 Å². The van der Waals surface area contributed by atoms with E-state index in [9.17, 15) is 14.4 Å². The van der Waals surface area contributed by atoms with Gasteiger partial charge in [0.25, 0.3) is 11.5 Å². The van der Waals surface area contributed by atoms with Crippen LogP contribution in [0.2, 0.25) is 0 Å². The molecular weight excluding hydrogens is 380 g/mol. The summed E-state index contributed by atoms with van der Waals surface area (Å²) in [5.74, 6) is -0.191.